The summed E-state index contributed by atoms with van der Waals surface area (Å²) in [7, 11) is 0. The lowest BCUT2D eigenvalue weighted by Gasteiger charge is -2.10. The molecule has 0 aliphatic heterocycles. The highest BCUT2D eigenvalue weighted by Crippen LogP contribution is 2.23. The maximum atomic E-state index is 12.6. The summed E-state index contributed by atoms with van der Waals surface area (Å²) in [6.07, 6.45) is 5.54. The lowest BCUT2D eigenvalue weighted by Crippen LogP contribution is -2.24. The number of carbonyl (C=O) groups excluding carboxylic acids is 2. The number of thioether (sulfide) groups is 1. The summed E-state index contributed by atoms with van der Waals surface area (Å²) in [5.74, 6) is 0.301. The van der Waals surface area contributed by atoms with Crippen LogP contribution in [0.15, 0.2) is 66.1 Å². The van der Waals surface area contributed by atoms with Crippen LogP contribution in [0.3, 0.4) is 0 Å². The van der Waals surface area contributed by atoms with E-state index in [1.807, 2.05) is 60.2 Å². The topological polar surface area (TPSA) is 64.0 Å². The normalized spacial score (nSPS) is 10.7. The number of hydrogen-bond donors (Lipinski definition) is 1. The van der Waals surface area contributed by atoms with Gasteiger partial charge in [0.05, 0.1) is 5.75 Å². The molecule has 3 aromatic rings. The van der Waals surface area contributed by atoms with Gasteiger partial charge in [-0.25, -0.2) is 4.98 Å². The molecule has 1 aromatic heterocycles. The van der Waals surface area contributed by atoms with Crippen molar-refractivity contribution in [3.05, 3.63) is 77.6 Å². The van der Waals surface area contributed by atoms with Gasteiger partial charge in [0, 0.05) is 35.8 Å². The van der Waals surface area contributed by atoms with Crippen molar-refractivity contribution in [1.29, 1.82) is 0 Å². The van der Waals surface area contributed by atoms with Gasteiger partial charge in [-0.2, -0.15) is 0 Å². The fourth-order valence-electron chi connectivity index (χ4n) is 2.96. The highest BCUT2D eigenvalue weighted by molar-refractivity contribution is 7.99. The fourth-order valence-corrected chi connectivity index (χ4v) is 3.82. The van der Waals surface area contributed by atoms with Crippen LogP contribution >= 0.6 is 11.8 Å². The van der Waals surface area contributed by atoms with Gasteiger partial charge in [-0.3, -0.25) is 14.2 Å². The number of aryl methyl sites for hydroxylation is 1. The van der Waals surface area contributed by atoms with E-state index in [2.05, 4.69) is 17.2 Å². The number of carbonyl (C=O) groups is 2. The van der Waals surface area contributed by atoms with Gasteiger partial charge >= 0.3 is 0 Å². The Hall–Kier alpha value is -2.86. The minimum Gasteiger partial charge on any atom is -0.352 e. The van der Waals surface area contributed by atoms with E-state index >= 15 is 0 Å². The first kappa shape index (κ1) is 20.9. The number of nitrogens with zero attached hydrogens (tertiary/aromatic N) is 2. The van der Waals surface area contributed by atoms with Gasteiger partial charge in [0.1, 0.15) is 0 Å². The number of unbranched alkanes of at least 4 members (excludes halogenated alkanes) is 1. The molecule has 0 spiro atoms. The van der Waals surface area contributed by atoms with Crippen molar-refractivity contribution in [2.45, 2.75) is 31.8 Å². The molecule has 0 fully saturated rings. The Bertz CT molecular complexity index is 997. The zero-order valence-corrected chi connectivity index (χ0v) is 17.5. The largest absolute Gasteiger partial charge is 0.352 e. The number of hydrogen-bond acceptors (Lipinski definition) is 4. The van der Waals surface area contributed by atoms with Crippen molar-refractivity contribution in [2.75, 3.05) is 12.3 Å². The van der Waals surface area contributed by atoms with Gasteiger partial charge in [-0.05, 0) is 37.1 Å². The summed E-state index contributed by atoms with van der Waals surface area (Å²) < 4.78 is 1.90. The minimum atomic E-state index is -0.0793. The molecule has 0 aliphatic carbocycles. The van der Waals surface area contributed by atoms with Gasteiger partial charge in [-0.1, -0.05) is 55.4 Å². The number of benzene rings is 2. The molecule has 3 rings (SSSR count). The number of rotatable bonds is 9. The van der Waals surface area contributed by atoms with Crippen LogP contribution < -0.4 is 5.32 Å². The first-order valence-corrected chi connectivity index (χ1v) is 10.7. The van der Waals surface area contributed by atoms with E-state index < -0.39 is 0 Å². The third-order valence-electron chi connectivity index (χ3n) is 4.59. The van der Waals surface area contributed by atoms with E-state index in [1.165, 1.54) is 11.8 Å². The molecule has 6 heteroatoms. The number of ketones is 1. The highest BCUT2D eigenvalue weighted by atomic mass is 32.2. The molecule has 0 aliphatic rings. The number of nitrogens with one attached hydrogen (secondary N) is 1. The molecule has 0 saturated carbocycles. The molecule has 0 bridgehead atoms. The summed E-state index contributed by atoms with van der Waals surface area (Å²) in [6, 6.07) is 15.0. The van der Waals surface area contributed by atoms with Crippen LogP contribution in [-0.2, 0) is 0 Å². The quantitative estimate of drug-likeness (QED) is 0.318. The van der Waals surface area contributed by atoms with Crippen LogP contribution in [0.4, 0.5) is 0 Å². The van der Waals surface area contributed by atoms with Crippen LogP contribution in [-0.4, -0.2) is 33.5 Å². The van der Waals surface area contributed by atoms with Gasteiger partial charge in [0.15, 0.2) is 10.9 Å². The van der Waals surface area contributed by atoms with Gasteiger partial charge < -0.3 is 5.32 Å². The van der Waals surface area contributed by atoms with Crippen molar-refractivity contribution >= 4 is 23.5 Å². The molecule has 150 valence electrons. The average molecular weight is 408 g/mol. The number of Topliss-reactive ketones (excluding diaryl/α,β-unsaturated/α-hetero) is 1. The summed E-state index contributed by atoms with van der Waals surface area (Å²) >= 11 is 1.39. The van der Waals surface area contributed by atoms with Crippen molar-refractivity contribution in [3.63, 3.8) is 0 Å². The number of aromatic nitrogens is 2. The molecular formula is C23H25N3O2S. The maximum Gasteiger partial charge on any atom is 0.251 e. The van der Waals surface area contributed by atoms with E-state index in [9.17, 15) is 9.59 Å². The monoisotopic (exact) mass is 407 g/mol. The fraction of sp³-hybridized carbons (Fsp3) is 0.261. The third kappa shape index (κ3) is 5.35. The zero-order chi connectivity index (χ0) is 20.6. The van der Waals surface area contributed by atoms with Gasteiger partial charge in [-0.15, -0.1) is 0 Å². The van der Waals surface area contributed by atoms with Gasteiger partial charge in [0.2, 0.25) is 0 Å². The standard InChI is InChI=1S/C23H25N3O2S/c1-3-4-12-24-22(28)18-9-7-10-19(15-18)26-14-13-25-23(26)29-16-21(27)20-11-6-5-8-17(20)2/h5-11,13-15H,3-4,12,16H2,1-2H3,(H,24,28). The van der Waals surface area contributed by atoms with Crippen LogP contribution in [0.2, 0.25) is 0 Å². The van der Waals surface area contributed by atoms with Crippen LogP contribution in [0.5, 0.6) is 0 Å². The first-order valence-electron chi connectivity index (χ1n) is 9.73. The Morgan fingerprint density at radius 3 is 2.76 bits per heavy atom. The van der Waals surface area contributed by atoms with Crippen molar-refractivity contribution in [2.24, 2.45) is 0 Å². The Kier molecular flexibility index (Phi) is 7.25. The average Bonchev–Trinajstić information content (AvgIpc) is 3.21. The van der Waals surface area contributed by atoms with Crippen molar-refractivity contribution in [1.82, 2.24) is 14.9 Å². The Morgan fingerprint density at radius 2 is 1.97 bits per heavy atom. The second kappa shape index (κ2) is 10.1. The van der Waals surface area contributed by atoms with Crippen LogP contribution in [0.25, 0.3) is 5.69 Å². The van der Waals surface area contributed by atoms with Crippen molar-refractivity contribution < 1.29 is 9.59 Å². The molecule has 1 amide bonds. The summed E-state index contributed by atoms with van der Waals surface area (Å²) in [6.45, 7) is 4.71. The smallest absolute Gasteiger partial charge is 0.251 e. The second-order valence-electron chi connectivity index (χ2n) is 6.77. The lowest BCUT2D eigenvalue weighted by molar-refractivity contribution is 0.0952. The van der Waals surface area contributed by atoms with E-state index in [-0.39, 0.29) is 11.7 Å². The lowest BCUT2D eigenvalue weighted by atomic mass is 10.1. The SMILES string of the molecule is CCCCNC(=O)c1cccc(-n2ccnc2SCC(=O)c2ccccc2C)c1. The molecule has 0 unspecified atom stereocenters. The van der Waals surface area contributed by atoms with Crippen molar-refractivity contribution in [3.8, 4) is 5.69 Å². The van der Waals surface area contributed by atoms with E-state index in [1.54, 1.807) is 12.3 Å². The molecule has 29 heavy (non-hydrogen) atoms. The highest BCUT2D eigenvalue weighted by Gasteiger charge is 2.13. The van der Waals surface area contributed by atoms with Crippen LogP contribution in [0.1, 0.15) is 46.0 Å². The summed E-state index contributed by atoms with van der Waals surface area (Å²) in [5.41, 5.74) is 3.17. The van der Waals surface area contributed by atoms with Crippen LogP contribution in [0, 0.1) is 6.92 Å². The first-order chi connectivity index (χ1) is 14.1. The molecule has 2 aromatic carbocycles. The summed E-state index contributed by atoms with van der Waals surface area (Å²) in [5, 5.41) is 3.65. The second-order valence-corrected chi connectivity index (χ2v) is 7.71. The Labute approximate surface area is 175 Å². The Balaban J connectivity index is 1.71. The van der Waals surface area contributed by atoms with Gasteiger partial charge in [0.25, 0.3) is 5.91 Å². The molecule has 5 nitrogen and oxygen atoms in total. The zero-order valence-electron chi connectivity index (χ0n) is 16.7. The summed E-state index contributed by atoms with van der Waals surface area (Å²) in [4.78, 5) is 29.3. The molecule has 1 heterocycles. The van der Waals surface area contributed by atoms with E-state index in [4.69, 9.17) is 0 Å². The predicted molar refractivity (Wildman–Crippen MR) is 117 cm³/mol. The molecular weight excluding hydrogens is 382 g/mol. The number of amides is 1. The molecule has 1 N–H and O–H groups in total. The molecule has 0 atom stereocenters. The maximum absolute atomic E-state index is 12.6. The Morgan fingerprint density at radius 1 is 1.14 bits per heavy atom. The van der Waals surface area contributed by atoms with E-state index in [0.717, 1.165) is 34.8 Å². The minimum absolute atomic E-state index is 0.0757. The van der Waals surface area contributed by atoms with E-state index in [0.29, 0.717) is 17.9 Å². The molecule has 0 saturated heterocycles. The molecule has 0 radical (unpaired) electrons. The number of imidazole rings is 1. The predicted octanol–water partition coefficient (Wildman–Crippen LogP) is 4.69. The third-order valence-corrected chi connectivity index (χ3v) is 5.55.